The highest BCUT2D eigenvalue weighted by Crippen LogP contribution is 2.47. The molecule has 122 heavy (non-hydrogen) atoms. The van der Waals surface area contributed by atoms with Gasteiger partial charge in [-0.1, -0.05) is 365 Å². The molecule has 0 aromatic heterocycles. The van der Waals surface area contributed by atoms with Crippen molar-refractivity contribution >= 4 is 0 Å². The van der Waals surface area contributed by atoms with Crippen LogP contribution < -0.4 is 0 Å². The van der Waals surface area contributed by atoms with Gasteiger partial charge in [-0.15, -0.1) is 0 Å². The first-order valence-electron chi connectivity index (χ1n) is 52.9. The van der Waals surface area contributed by atoms with E-state index in [1.54, 1.807) is 44.5 Å². The summed E-state index contributed by atoms with van der Waals surface area (Å²) in [4.78, 5) is 0. The monoisotopic (exact) mass is 1640 g/mol. The van der Waals surface area contributed by atoms with E-state index in [0.717, 1.165) is 94.7 Å². The molecule has 0 saturated heterocycles. The molecule has 8 aromatic rings. The molecule has 8 aliphatic carbocycles. The summed E-state index contributed by atoms with van der Waals surface area (Å²) < 4.78 is 0. The topological polar surface area (TPSA) is 0 Å². The number of hydrogen-bond donors (Lipinski definition) is 0. The summed E-state index contributed by atoms with van der Waals surface area (Å²) in [5.41, 5.74) is 23.5. The van der Waals surface area contributed by atoms with Gasteiger partial charge in [-0.2, -0.15) is 0 Å². The predicted molar refractivity (Wildman–Crippen MR) is 534 cm³/mol. The summed E-state index contributed by atoms with van der Waals surface area (Å²) in [5.74, 6) is 14.2. The van der Waals surface area contributed by atoms with E-state index in [-0.39, 0.29) is 0 Å². The Balaban J connectivity index is 0.000000140. The molecule has 0 N–H and O–H groups in total. The van der Waals surface area contributed by atoms with E-state index in [2.05, 4.69) is 250 Å². The fourth-order valence-electron chi connectivity index (χ4n) is 25.2. The van der Waals surface area contributed by atoms with Crippen molar-refractivity contribution in [3.8, 4) is 44.5 Å². The molecule has 0 aliphatic heterocycles. The van der Waals surface area contributed by atoms with Crippen molar-refractivity contribution < 1.29 is 0 Å². The molecule has 0 heteroatoms. The summed E-state index contributed by atoms with van der Waals surface area (Å²) in [5, 5.41) is 0. The Kier molecular flexibility index (Phi) is 38.5. The lowest BCUT2D eigenvalue weighted by molar-refractivity contribution is 0.303. The van der Waals surface area contributed by atoms with Crippen molar-refractivity contribution in [2.75, 3.05) is 0 Å². The second kappa shape index (κ2) is 50.3. The first kappa shape index (κ1) is 93.4. The fraction of sp³-hybridized carbons (Fsp3) is 0.607. The van der Waals surface area contributed by atoms with Crippen LogP contribution in [0.1, 0.15) is 468 Å². The summed E-state index contributed by atoms with van der Waals surface area (Å²) in [6.45, 7) is 18.6. The molecule has 8 fully saturated rings. The van der Waals surface area contributed by atoms with Crippen LogP contribution in [0.5, 0.6) is 0 Å². The van der Waals surface area contributed by atoms with Crippen molar-refractivity contribution in [3.63, 3.8) is 0 Å². The Morgan fingerprint density at radius 2 is 0.279 bits per heavy atom. The van der Waals surface area contributed by atoms with E-state index in [4.69, 9.17) is 0 Å². The lowest BCUT2D eigenvalue weighted by Crippen LogP contribution is -2.13. The molecule has 0 atom stereocenters. The maximum Gasteiger partial charge on any atom is -0.0162 e. The van der Waals surface area contributed by atoms with Crippen molar-refractivity contribution in [1.29, 1.82) is 0 Å². The van der Waals surface area contributed by atoms with Crippen LogP contribution in [-0.4, -0.2) is 0 Å². The van der Waals surface area contributed by atoms with Crippen LogP contribution in [-0.2, 0) is 0 Å². The maximum atomic E-state index is 2.42. The Hall–Kier alpha value is -6.24. The van der Waals surface area contributed by atoms with Crippen LogP contribution in [0.2, 0.25) is 0 Å². The standard InChI is InChI=1S/C32H46.C31H44.C30H42.C29H40/c1-3-5-6-8-26-11-15-28(16-12-26)30-19-23-32(24-20-30)31-21-17-29(18-22-31)27-13-9-25(7-4-2)10-14-27;1-3-5-7-25-10-14-27(15-11-25)29-18-22-31(23-19-29)30-20-16-28(17-21-30)26-12-8-24(6-4-2)9-13-26;1-3-5-23-7-11-25(12-8-23)27-15-19-29(20-16-27)30-21-17-28(18-22-30)26-13-9-24(6-4-2)10-14-26;1-3-5-23-8-12-25(13-9-23)27-16-20-29(21-17-27)28-18-14-26(15-19-28)24-10-6-22(4-2)7-11-24/h17-28H,3-16H2,1-2H3;16-27H,3-15H2,1-2H3;15-26H,3-14H2,1-2H3;14-25H,3-13H2,1-2H3. The second-order valence-electron chi connectivity index (χ2n) is 41.7. The molecule has 8 saturated carbocycles. The highest BCUT2D eigenvalue weighted by Gasteiger charge is 2.30. The molecule has 8 aliphatic rings. The molecular formula is C122H172. The minimum atomic E-state index is 0.789. The van der Waals surface area contributed by atoms with Gasteiger partial charge in [0.25, 0.3) is 0 Å². The van der Waals surface area contributed by atoms with Crippen molar-refractivity contribution in [2.24, 2.45) is 47.3 Å². The van der Waals surface area contributed by atoms with Gasteiger partial charge >= 0.3 is 0 Å². The fourth-order valence-corrected chi connectivity index (χ4v) is 25.2. The van der Waals surface area contributed by atoms with E-state index in [1.165, 1.54) is 366 Å². The lowest BCUT2D eigenvalue weighted by Gasteiger charge is -2.29. The first-order chi connectivity index (χ1) is 60.1. The molecule has 660 valence electrons. The van der Waals surface area contributed by atoms with Crippen molar-refractivity contribution in [3.05, 3.63) is 239 Å². The van der Waals surface area contributed by atoms with Crippen LogP contribution in [0.4, 0.5) is 0 Å². The van der Waals surface area contributed by atoms with Crippen LogP contribution in [0.3, 0.4) is 0 Å². The second-order valence-corrected chi connectivity index (χ2v) is 41.7. The van der Waals surface area contributed by atoms with Gasteiger partial charge in [0.1, 0.15) is 0 Å². The van der Waals surface area contributed by atoms with Gasteiger partial charge in [0.15, 0.2) is 0 Å². The Bertz CT molecular complexity index is 4000. The zero-order chi connectivity index (χ0) is 84.5. The normalized spacial score (nSPS) is 26.9. The van der Waals surface area contributed by atoms with E-state index in [0.29, 0.717) is 0 Å². The zero-order valence-electron chi connectivity index (χ0n) is 79.1. The smallest absolute Gasteiger partial charge is 0.0162 e. The van der Waals surface area contributed by atoms with Gasteiger partial charge < -0.3 is 0 Å². The quantitative estimate of drug-likeness (QED) is 0.0394. The number of benzene rings is 8. The molecule has 16 rings (SSSR count). The van der Waals surface area contributed by atoms with Crippen LogP contribution in [0.15, 0.2) is 194 Å². The van der Waals surface area contributed by atoms with Crippen molar-refractivity contribution in [2.45, 2.75) is 424 Å². The third kappa shape index (κ3) is 27.9. The summed E-state index contributed by atoms with van der Waals surface area (Å²) in [6, 6.07) is 76.3. The Morgan fingerprint density at radius 1 is 0.139 bits per heavy atom. The molecule has 0 spiro atoms. The molecule has 8 aromatic carbocycles. The van der Waals surface area contributed by atoms with E-state index in [9.17, 15) is 0 Å². The molecule has 0 nitrogen and oxygen atoms in total. The minimum absolute atomic E-state index is 0.789. The average Bonchev–Trinajstić information content (AvgIpc) is 0.834. The van der Waals surface area contributed by atoms with Crippen LogP contribution in [0, 0.1) is 47.3 Å². The van der Waals surface area contributed by atoms with E-state index in [1.807, 2.05) is 0 Å². The van der Waals surface area contributed by atoms with E-state index >= 15 is 0 Å². The van der Waals surface area contributed by atoms with Crippen LogP contribution in [0.25, 0.3) is 44.5 Å². The molecule has 0 heterocycles. The largest absolute Gasteiger partial charge is 0.0654 e. The molecule has 0 radical (unpaired) electrons. The van der Waals surface area contributed by atoms with Gasteiger partial charge in [-0.25, -0.2) is 0 Å². The Morgan fingerprint density at radius 3 is 0.418 bits per heavy atom. The highest BCUT2D eigenvalue weighted by atomic mass is 14.4. The summed E-state index contributed by atoms with van der Waals surface area (Å²) >= 11 is 0. The van der Waals surface area contributed by atoms with Gasteiger partial charge in [0, 0.05) is 0 Å². The van der Waals surface area contributed by atoms with Crippen molar-refractivity contribution in [1.82, 2.24) is 0 Å². The van der Waals surface area contributed by atoms with Gasteiger partial charge in [-0.05, 0) is 389 Å². The SMILES string of the molecule is CCCC1CCC(c2ccc(-c3ccc(C4CCC(CC)CC4)cc3)cc2)CC1.CCCC1CCC(c2ccc(-c3ccc(C4CCC(CCC)CC4)cc3)cc2)CC1.CCCCC1CCC(c2ccc(-c3ccc(C4CCC(CCC)CC4)cc3)cc2)CC1.CCCCCC1CCC(c2ccc(-c3ccc(C4CCC(CCC)CC4)cc3)cc2)CC1. The molecular weight excluding hydrogens is 1470 g/mol. The van der Waals surface area contributed by atoms with Gasteiger partial charge in [-0.3, -0.25) is 0 Å². The zero-order valence-corrected chi connectivity index (χ0v) is 79.1. The highest BCUT2D eigenvalue weighted by molar-refractivity contribution is 5.67. The average molecular weight is 1640 g/mol. The van der Waals surface area contributed by atoms with Crippen LogP contribution >= 0.6 is 0 Å². The van der Waals surface area contributed by atoms with Gasteiger partial charge in [0.05, 0.1) is 0 Å². The van der Waals surface area contributed by atoms with Gasteiger partial charge in [0.2, 0.25) is 0 Å². The van der Waals surface area contributed by atoms with E-state index < -0.39 is 0 Å². The predicted octanol–water partition coefficient (Wildman–Crippen LogP) is 38.8. The maximum absolute atomic E-state index is 2.42. The molecule has 0 amide bonds. The minimum Gasteiger partial charge on any atom is -0.0654 e. The molecule has 0 unspecified atom stereocenters. The third-order valence-corrected chi connectivity index (χ3v) is 33.4. The third-order valence-electron chi connectivity index (χ3n) is 33.4. The number of unbranched alkanes of at least 4 members (excludes halogenated alkanes) is 3. The summed E-state index contributed by atoms with van der Waals surface area (Å²) in [7, 11) is 0. The Labute approximate surface area is 749 Å². The lowest BCUT2D eigenvalue weighted by atomic mass is 9.76. The first-order valence-corrected chi connectivity index (χ1v) is 52.9. The number of hydrogen-bond acceptors (Lipinski definition) is 0. The summed E-state index contributed by atoms with van der Waals surface area (Å²) in [6.07, 6.45) is 70.3. The number of rotatable bonds is 30. The molecule has 0 bridgehead atoms.